The Morgan fingerprint density at radius 3 is 1.21 bits per heavy atom. The molecule has 2 heteroatoms. The first-order valence-corrected chi connectivity index (χ1v) is 10.4. The molecule has 0 spiro atoms. The summed E-state index contributed by atoms with van der Waals surface area (Å²) in [5, 5.41) is 0. The zero-order chi connectivity index (χ0) is 10.9. The van der Waals surface area contributed by atoms with Crippen molar-refractivity contribution in [3.63, 3.8) is 0 Å². The van der Waals surface area contributed by atoms with Gasteiger partial charge in [-0.25, -0.2) is 0 Å². The molecular weight excluding hydrogens is 231 g/mol. The Kier molecular flexibility index (Phi) is 9.45. The van der Waals surface area contributed by atoms with Gasteiger partial charge in [0.25, 0.3) is 0 Å². The first-order valence-electron chi connectivity index (χ1n) is 6.35. The predicted octanol–water partition coefficient (Wildman–Crippen LogP) is 4.88. The van der Waals surface area contributed by atoms with E-state index in [4.69, 9.17) is 15.1 Å². The third-order valence-electron chi connectivity index (χ3n) is 2.90. The number of rotatable bonds is 9. The van der Waals surface area contributed by atoms with Gasteiger partial charge in [-0.2, -0.15) is 0 Å². The van der Waals surface area contributed by atoms with Crippen molar-refractivity contribution in [3.8, 4) is 0 Å². The van der Waals surface area contributed by atoms with Gasteiger partial charge in [0.1, 0.15) is 0 Å². The molecule has 0 aliphatic rings. The van der Waals surface area contributed by atoms with E-state index in [2.05, 4.69) is 20.8 Å². The maximum atomic E-state index is 5.11. The fraction of sp³-hybridized carbons (Fsp3) is 1.00. The van der Waals surface area contributed by atoms with Crippen LogP contribution in [0, 0.1) is 0 Å². The van der Waals surface area contributed by atoms with Crippen LogP contribution in [-0.4, -0.2) is 6.72 Å². The molecule has 0 N–H and O–H groups in total. The molecule has 0 radical (unpaired) electrons. The molecule has 0 aliphatic carbocycles. The van der Waals surface area contributed by atoms with E-state index in [1.807, 2.05) is 0 Å². The van der Waals surface area contributed by atoms with Crippen LogP contribution in [0.5, 0.6) is 0 Å². The van der Waals surface area contributed by atoms with Crippen LogP contribution in [0.25, 0.3) is 0 Å². The summed E-state index contributed by atoms with van der Waals surface area (Å²) in [6, 6.07) is 4.34. The zero-order valence-corrected chi connectivity index (χ0v) is 12.2. The minimum atomic E-state index is -1.12. The normalized spacial score (nSPS) is 12.1. The van der Waals surface area contributed by atoms with Crippen LogP contribution in [0.1, 0.15) is 59.3 Å². The van der Waals surface area contributed by atoms with Crippen LogP contribution in [0.2, 0.25) is 18.1 Å². The monoisotopic (exact) mass is 258 g/mol. The molecule has 0 bridgehead atoms. The summed E-state index contributed by atoms with van der Waals surface area (Å²) in [5.41, 5.74) is 0. The molecule has 0 atom stereocenters. The fourth-order valence-electron chi connectivity index (χ4n) is 1.83. The summed E-state index contributed by atoms with van der Waals surface area (Å²) >= 11 is 5.11. The van der Waals surface area contributed by atoms with E-state index in [-0.39, 0.29) is 0 Å². The third kappa shape index (κ3) is 7.07. The molecule has 0 nitrogen and oxygen atoms in total. The summed E-state index contributed by atoms with van der Waals surface area (Å²) in [6.45, 7) is 5.75. The average Bonchev–Trinajstić information content (AvgIpc) is 2.21. The van der Waals surface area contributed by atoms with Crippen LogP contribution in [0.4, 0.5) is 0 Å². The molecule has 0 heterocycles. The van der Waals surface area contributed by atoms with Gasteiger partial charge in [0.05, 0.1) is 0 Å². The van der Waals surface area contributed by atoms with Crippen molar-refractivity contribution < 1.29 is 15.1 Å². The standard InChI is InChI=1S/C12H27Si.Co/c1-4-7-10-13(11-8-5-2)12-9-6-3;/h4-12H2,1-3H3;. The molecule has 0 rings (SSSR count). The summed E-state index contributed by atoms with van der Waals surface area (Å²) < 4.78 is 0. The zero-order valence-electron chi connectivity index (χ0n) is 10.2. The van der Waals surface area contributed by atoms with Gasteiger partial charge >= 0.3 is 99.3 Å². The second-order valence-corrected chi connectivity index (χ2v) is 11.4. The van der Waals surface area contributed by atoms with E-state index in [9.17, 15) is 0 Å². The van der Waals surface area contributed by atoms with Gasteiger partial charge in [-0.3, -0.25) is 0 Å². The van der Waals surface area contributed by atoms with E-state index in [0.717, 1.165) is 0 Å². The van der Waals surface area contributed by atoms with Crippen LogP contribution < -0.4 is 0 Å². The summed E-state index contributed by atoms with van der Waals surface area (Å²) in [4.78, 5) is 0. The van der Waals surface area contributed by atoms with Crippen molar-refractivity contribution >= 4 is 6.72 Å². The van der Waals surface area contributed by atoms with Crippen molar-refractivity contribution in [3.05, 3.63) is 0 Å². The fourth-order valence-corrected chi connectivity index (χ4v) is 7.15. The van der Waals surface area contributed by atoms with E-state index in [1.165, 1.54) is 56.7 Å². The van der Waals surface area contributed by atoms with Crippen molar-refractivity contribution in [1.29, 1.82) is 0 Å². The van der Waals surface area contributed by atoms with Gasteiger partial charge in [0.15, 0.2) is 0 Å². The van der Waals surface area contributed by atoms with Crippen LogP contribution >= 0.6 is 0 Å². The van der Waals surface area contributed by atoms with Crippen molar-refractivity contribution in [2.75, 3.05) is 0 Å². The molecule has 0 saturated heterocycles. The minimum absolute atomic E-state index is 1.12. The van der Waals surface area contributed by atoms with Crippen LogP contribution in [0.3, 0.4) is 0 Å². The van der Waals surface area contributed by atoms with E-state index in [1.54, 1.807) is 0 Å². The first-order chi connectivity index (χ1) is 6.68. The third-order valence-corrected chi connectivity index (χ3v) is 8.93. The van der Waals surface area contributed by atoms with Gasteiger partial charge in [-0.05, 0) is 0 Å². The second kappa shape index (κ2) is 8.99. The molecule has 14 heavy (non-hydrogen) atoms. The van der Waals surface area contributed by atoms with E-state index >= 15 is 0 Å². The Morgan fingerprint density at radius 2 is 1.00 bits per heavy atom. The SMILES string of the molecule is CCCC[Si]([Co])(CCCC)CCCC. The quantitative estimate of drug-likeness (QED) is 0.517. The Morgan fingerprint density at radius 1 is 0.714 bits per heavy atom. The molecule has 0 unspecified atom stereocenters. The summed E-state index contributed by atoms with van der Waals surface area (Å²) in [5.74, 6) is 0. The Balaban J connectivity index is 3.89. The topological polar surface area (TPSA) is 0 Å². The second-order valence-electron chi connectivity index (χ2n) is 4.41. The average molecular weight is 258 g/mol. The number of unbranched alkanes of at least 4 members (excludes halogenated alkanes) is 3. The van der Waals surface area contributed by atoms with Crippen LogP contribution in [-0.2, 0) is 15.1 Å². The summed E-state index contributed by atoms with van der Waals surface area (Å²) in [7, 11) is 0. The van der Waals surface area contributed by atoms with Crippen molar-refractivity contribution in [2.45, 2.75) is 77.4 Å². The molecule has 88 valence electrons. The predicted molar refractivity (Wildman–Crippen MR) is 64.9 cm³/mol. The van der Waals surface area contributed by atoms with Gasteiger partial charge in [0, 0.05) is 0 Å². The van der Waals surface area contributed by atoms with E-state index in [0.29, 0.717) is 0 Å². The van der Waals surface area contributed by atoms with Gasteiger partial charge in [-0.15, -0.1) is 0 Å². The Hall–Kier alpha value is 0.723. The molecular formula is C12H27CoSi. The molecule has 0 aromatic carbocycles. The number of hydrogen-bond acceptors (Lipinski definition) is 0. The molecule has 0 aromatic rings. The molecule has 0 aromatic heterocycles. The maximum absolute atomic E-state index is 5.11. The van der Waals surface area contributed by atoms with Gasteiger partial charge in [-0.1, -0.05) is 0 Å². The van der Waals surface area contributed by atoms with Crippen molar-refractivity contribution in [1.82, 2.24) is 0 Å². The van der Waals surface area contributed by atoms with Crippen molar-refractivity contribution in [2.24, 2.45) is 0 Å². The molecule has 0 amide bonds. The number of hydrogen-bond donors (Lipinski definition) is 0. The van der Waals surface area contributed by atoms with Gasteiger partial charge in [0.2, 0.25) is 0 Å². The van der Waals surface area contributed by atoms with Crippen LogP contribution in [0.15, 0.2) is 0 Å². The molecule has 0 fully saturated rings. The Bertz CT molecular complexity index is 104. The summed E-state index contributed by atoms with van der Waals surface area (Å²) in [6.07, 6.45) is 8.23. The molecule has 0 aliphatic heterocycles. The van der Waals surface area contributed by atoms with E-state index < -0.39 is 6.72 Å². The first kappa shape index (κ1) is 14.7. The molecule has 0 saturated carbocycles. The Labute approximate surface area is 99.3 Å². The van der Waals surface area contributed by atoms with Gasteiger partial charge < -0.3 is 0 Å².